The van der Waals surface area contributed by atoms with Crippen molar-refractivity contribution in [2.24, 2.45) is 0 Å². The Morgan fingerprint density at radius 3 is 2.56 bits per heavy atom. The second kappa shape index (κ2) is 9.52. The molecule has 4 aromatic rings. The number of thioether (sulfide) groups is 1. The van der Waals surface area contributed by atoms with Crippen LogP contribution in [0.4, 0.5) is 11.7 Å². The Labute approximate surface area is 187 Å². The van der Waals surface area contributed by atoms with Crippen LogP contribution >= 0.6 is 11.8 Å². The van der Waals surface area contributed by atoms with Gasteiger partial charge in [0.15, 0.2) is 5.58 Å². The van der Waals surface area contributed by atoms with Crippen LogP contribution in [0.15, 0.2) is 82.1 Å². The molecule has 0 atom stereocenters. The van der Waals surface area contributed by atoms with Crippen LogP contribution in [0.1, 0.15) is 15.9 Å². The molecule has 8 nitrogen and oxygen atoms in total. The molecule has 0 aliphatic heterocycles. The Morgan fingerprint density at radius 2 is 1.78 bits per heavy atom. The van der Waals surface area contributed by atoms with Gasteiger partial charge in [-0.05, 0) is 24.3 Å². The van der Waals surface area contributed by atoms with E-state index in [-0.39, 0.29) is 17.8 Å². The van der Waals surface area contributed by atoms with Crippen LogP contribution in [0.3, 0.4) is 0 Å². The highest BCUT2D eigenvalue weighted by atomic mass is 32.2. The highest BCUT2D eigenvalue weighted by molar-refractivity contribution is 7.99. The molecule has 0 radical (unpaired) electrons. The first-order valence-electron chi connectivity index (χ1n) is 9.81. The van der Waals surface area contributed by atoms with Crippen molar-refractivity contribution >= 4 is 40.5 Å². The average Bonchev–Trinajstić information content (AvgIpc) is 3.23. The van der Waals surface area contributed by atoms with E-state index >= 15 is 0 Å². The van der Waals surface area contributed by atoms with E-state index in [4.69, 9.17) is 4.42 Å². The van der Waals surface area contributed by atoms with Gasteiger partial charge in [-0.3, -0.25) is 10.1 Å². The summed E-state index contributed by atoms with van der Waals surface area (Å²) in [5.74, 6) is -0.451. The lowest BCUT2D eigenvalue weighted by Gasteiger charge is -2.20. The van der Waals surface area contributed by atoms with E-state index < -0.39 is 10.9 Å². The number of carboxylic acids is 1. The summed E-state index contributed by atoms with van der Waals surface area (Å²) in [6.45, 7) is 0.669. The molecule has 4 rings (SSSR count). The Bertz CT molecular complexity index is 1240. The fourth-order valence-corrected chi connectivity index (χ4v) is 4.32. The van der Waals surface area contributed by atoms with Crippen molar-refractivity contribution in [1.29, 1.82) is 0 Å². The number of nitrogens with zero attached hydrogens (tertiary/aromatic N) is 3. The molecule has 0 unspecified atom stereocenters. The predicted octanol–water partition coefficient (Wildman–Crippen LogP) is 5.23. The van der Waals surface area contributed by atoms with Gasteiger partial charge in [-0.2, -0.15) is 4.98 Å². The van der Waals surface area contributed by atoms with Crippen molar-refractivity contribution in [2.45, 2.75) is 11.4 Å². The number of nitro benzene ring substituents is 1. The summed E-state index contributed by atoms with van der Waals surface area (Å²) in [4.78, 5) is 29.6. The minimum Gasteiger partial charge on any atom is -0.478 e. The molecule has 0 fully saturated rings. The van der Waals surface area contributed by atoms with E-state index in [0.29, 0.717) is 39.9 Å². The van der Waals surface area contributed by atoms with E-state index in [1.54, 1.807) is 42.5 Å². The number of nitro groups is 1. The van der Waals surface area contributed by atoms with Gasteiger partial charge in [0, 0.05) is 28.8 Å². The molecule has 0 bridgehead atoms. The number of aromatic carboxylic acids is 1. The summed E-state index contributed by atoms with van der Waals surface area (Å²) in [7, 11) is 0. The van der Waals surface area contributed by atoms with Gasteiger partial charge in [-0.15, -0.1) is 11.8 Å². The zero-order valence-electron chi connectivity index (χ0n) is 16.9. The lowest BCUT2D eigenvalue weighted by molar-refractivity contribution is -0.385. The second-order valence-corrected chi connectivity index (χ2v) is 8.06. The van der Waals surface area contributed by atoms with Crippen LogP contribution in [0, 0.1) is 10.1 Å². The fraction of sp³-hybridized carbons (Fsp3) is 0.130. The molecule has 162 valence electrons. The number of fused-ring (bicyclic) bond motifs is 1. The van der Waals surface area contributed by atoms with Crippen molar-refractivity contribution in [3.8, 4) is 0 Å². The molecule has 3 aromatic carbocycles. The third-order valence-corrected chi connectivity index (χ3v) is 5.89. The van der Waals surface area contributed by atoms with Crippen LogP contribution < -0.4 is 4.90 Å². The maximum atomic E-state index is 11.5. The molecule has 0 saturated heterocycles. The van der Waals surface area contributed by atoms with E-state index in [0.717, 1.165) is 0 Å². The van der Waals surface area contributed by atoms with Gasteiger partial charge in [-0.1, -0.05) is 42.5 Å². The molecule has 0 aliphatic rings. The molecular formula is C23H19N3O5S. The zero-order chi connectivity index (χ0) is 22.5. The Kier molecular flexibility index (Phi) is 6.37. The van der Waals surface area contributed by atoms with E-state index in [1.165, 1.54) is 17.8 Å². The molecule has 0 amide bonds. The first-order chi connectivity index (χ1) is 15.5. The topological polar surface area (TPSA) is 110 Å². The number of para-hydroxylation sites is 3. The maximum absolute atomic E-state index is 11.5. The molecule has 9 heteroatoms. The van der Waals surface area contributed by atoms with Crippen molar-refractivity contribution in [3.63, 3.8) is 0 Å². The zero-order valence-corrected chi connectivity index (χ0v) is 17.7. The van der Waals surface area contributed by atoms with Crippen molar-refractivity contribution in [1.82, 2.24) is 4.98 Å². The van der Waals surface area contributed by atoms with Crippen molar-refractivity contribution in [3.05, 3.63) is 94.0 Å². The number of benzene rings is 3. The second-order valence-electron chi connectivity index (χ2n) is 6.92. The average molecular weight is 449 g/mol. The number of aromatic nitrogens is 1. The summed E-state index contributed by atoms with van der Waals surface area (Å²) in [6, 6.07) is 21.1. The third-order valence-electron chi connectivity index (χ3n) is 4.84. The highest BCUT2D eigenvalue weighted by Gasteiger charge is 2.20. The molecular weight excluding hydrogens is 430 g/mol. The number of oxazole rings is 1. The highest BCUT2D eigenvalue weighted by Crippen LogP contribution is 2.28. The molecule has 1 aromatic heterocycles. The van der Waals surface area contributed by atoms with Crippen LogP contribution in [0.5, 0.6) is 0 Å². The molecule has 1 N–H and O–H groups in total. The summed E-state index contributed by atoms with van der Waals surface area (Å²) < 4.78 is 5.91. The van der Waals surface area contributed by atoms with E-state index in [2.05, 4.69) is 4.98 Å². The van der Waals surface area contributed by atoms with Gasteiger partial charge in [-0.25, -0.2) is 4.79 Å². The number of rotatable bonds is 9. The van der Waals surface area contributed by atoms with Gasteiger partial charge in [0.2, 0.25) is 0 Å². The maximum Gasteiger partial charge on any atom is 0.336 e. The standard InChI is InChI=1S/C23H19N3O5S/c27-22(28)17-8-2-6-12-21(17)32-14-13-25(15-16-7-1-4-10-19(16)26(29)30)23-24-18-9-3-5-11-20(18)31-23/h1-12H,13-15H2,(H,27,28). The Balaban J connectivity index is 1.59. The van der Waals surface area contributed by atoms with Crippen LogP contribution in [0.25, 0.3) is 11.1 Å². The molecule has 0 spiro atoms. The van der Waals surface area contributed by atoms with Crippen LogP contribution in [0.2, 0.25) is 0 Å². The van der Waals surface area contributed by atoms with Gasteiger partial charge in [0.25, 0.3) is 11.7 Å². The van der Waals surface area contributed by atoms with Gasteiger partial charge >= 0.3 is 5.97 Å². The first kappa shape index (κ1) is 21.4. The third kappa shape index (κ3) is 4.73. The SMILES string of the molecule is O=C(O)c1ccccc1SCCN(Cc1ccccc1[N+](=O)[O-])c1nc2ccccc2o1. The molecule has 0 saturated carbocycles. The largest absolute Gasteiger partial charge is 0.478 e. The number of hydrogen-bond donors (Lipinski definition) is 1. The number of hydrogen-bond acceptors (Lipinski definition) is 7. The fourth-order valence-electron chi connectivity index (χ4n) is 3.30. The minimum atomic E-state index is -0.983. The first-order valence-corrected chi connectivity index (χ1v) is 10.8. The minimum absolute atomic E-state index is 0.0255. The van der Waals surface area contributed by atoms with Crippen molar-refractivity contribution in [2.75, 3.05) is 17.2 Å². The monoisotopic (exact) mass is 449 g/mol. The predicted molar refractivity (Wildman–Crippen MR) is 122 cm³/mol. The Hall–Kier alpha value is -3.85. The van der Waals surface area contributed by atoms with Gasteiger partial charge in [0.1, 0.15) is 5.52 Å². The van der Waals surface area contributed by atoms with Crippen LogP contribution in [-0.2, 0) is 6.54 Å². The smallest absolute Gasteiger partial charge is 0.336 e. The summed E-state index contributed by atoms with van der Waals surface area (Å²) in [6.07, 6.45) is 0. The quantitative estimate of drug-likeness (QED) is 0.210. The molecule has 32 heavy (non-hydrogen) atoms. The van der Waals surface area contributed by atoms with E-state index in [1.807, 2.05) is 29.2 Å². The lowest BCUT2D eigenvalue weighted by Crippen LogP contribution is -2.26. The van der Waals surface area contributed by atoms with Crippen LogP contribution in [-0.4, -0.2) is 33.3 Å². The lowest BCUT2D eigenvalue weighted by atomic mass is 10.1. The summed E-state index contributed by atoms with van der Waals surface area (Å²) in [5.41, 5.74) is 2.12. The number of carboxylic acid groups (broad SMARTS) is 1. The summed E-state index contributed by atoms with van der Waals surface area (Å²) in [5, 5.41) is 20.9. The normalized spacial score (nSPS) is 10.9. The van der Waals surface area contributed by atoms with Gasteiger partial charge < -0.3 is 14.4 Å². The number of anilines is 1. The Morgan fingerprint density at radius 1 is 1.06 bits per heavy atom. The molecule has 0 aliphatic carbocycles. The molecule has 1 heterocycles. The van der Waals surface area contributed by atoms with E-state index in [9.17, 15) is 20.0 Å². The van der Waals surface area contributed by atoms with Gasteiger partial charge in [0.05, 0.1) is 17.0 Å². The van der Waals surface area contributed by atoms with Crippen molar-refractivity contribution < 1.29 is 19.2 Å². The number of carbonyl (C=O) groups is 1. The summed E-state index contributed by atoms with van der Waals surface area (Å²) >= 11 is 1.40.